The summed E-state index contributed by atoms with van der Waals surface area (Å²) in [6, 6.07) is 1.84. The number of carbonyl (C=O) groups excluding carboxylic acids is 1. The van der Waals surface area contributed by atoms with Crippen molar-refractivity contribution in [2.75, 3.05) is 6.54 Å². The number of carbonyl (C=O) groups is 2. The smallest absolute Gasteiger partial charge is 0.308 e. The summed E-state index contributed by atoms with van der Waals surface area (Å²) < 4.78 is 1.52. The van der Waals surface area contributed by atoms with Crippen molar-refractivity contribution < 1.29 is 14.7 Å². The van der Waals surface area contributed by atoms with Gasteiger partial charge in [0.25, 0.3) is 5.91 Å². The standard InChI is InChI=1S/C12H17N3O3/c1-8(12(17)18)7-15(9-3-4-9)11(16)10-5-6-13-14(10)2/h5-6,8-9H,3-4,7H2,1-2H3,(H,17,18)/t8-/m0/s1. The lowest BCUT2D eigenvalue weighted by molar-refractivity contribution is -0.141. The van der Waals surface area contributed by atoms with E-state index in [1.165, 1.54) is 4.68 Å². The second kappa shape index (κ2) is 4.80. The number of nitrogens with zero attached hydrogens (tertiary/aromatic N) is 3. The molecule has 0 unspecified atom stereocenters. The molecule has 98 valence electrons. The number of aliphatic carboxylic acids is 1. The number of aromatic nitrogens is 2. The first-order chi connectivity index (χ1) is 8.50. The molecule has 18 heavy (non-hydrogen) atoms. The van der Waals surface area contributed by atoms with Gasteiger partial charge in [0.05, 0.1) is 5.92 Å². The van der Waals surface area contributed by atoms with Gasteiger partial charge in [-0.05, 0) is 18.9 Å². The monoisotopic (exact) mass is 251 g/mol. The summed E-state index contributed by atoms with van der Waals surface area (Å²) in [4.78, 5) is 24.9. The molecule has 1 saturated carbocycles. The second-order valence-electron chi connectivity index (χ2n) is 4.77. The van der Waals surface area contributed by atoms with Crippen LogP contribution in [0.2, 0.25) is 0 Å². The first-order valence-corrected chi connectivity index (χ1v) is 6.02. The Morgan fingerprint density at radius 2 is 2.28 bits per heavy atom. The molecule has 6 heteroatoms. The number of carboxylic acids is 1. The molecule has 1 aromatic heterocycles. The van der Waals surface area contributed by atoms with Crippen molar-refractivity contribution in [3.63, 3.8) is 0 Å². The fraction of sp³-hybridized carbons (Fsp3) is 0.583. The van der Waals surface area contributed by atoms with Crippen LogP contribution < -0.4 is 0 Å². The molecular weight excluding hydrogens is 234 g/mol. The molecular formula is C12H17N3O3. The maximum Gasteiger partial charge on any atom is 0.308 e. The second-order valence-corrected chi connectivity index (χ2v) is 4.77. The predicted octanol–water partition coefficient (Wildman–Crippen LogP) is 0.745. The van der Waals surface area contributed by atoms with Crippen LogP contribution in [0.4, 0.5) is 0 Å². The van der Waals surface area contributed by atoms with Crippen LogP contribution in [0.15, 0.2) is 12.3 Å². The first-order valence-electron chi connectivity index (χ1n) is 6.02. The van der Waals surface area contributed by atoms with Gasteiger partial charge >= 0.3 is 5.97 Å². The summed E-state index contributed by atoms with van der Waals surface area (Å²) in [7, 11) is 1.71. The van der Waals surface area contributed by atoms with Crippen LogP contribution in [0.3, 0.4) is 0 Å². The van der Waals surface area contributed by atoms with Gasteiger partial charge in [0, 0.05) is 25.8 Å². The maximum absolute atomic E-state index is 12.3. The van der Waals surface area contributed by atoms with Gasteiger partial charge in [-0.2, -0.15) is 5.10 Å². The van der Waals surface area contributed by atoms with Crippen molar-refractivity contribution in [2.24, 2.45) is 13.0 Å². The molecule has 0 bridgehead atoms. The topological polar surface area (TPSA) is 75.4 Å². The van der Waals surface area contributed by atoms with E-state index in [0.717, 1.165) is 12.8 Å². The van der Waals surface area contributed by atoms with Crippen molar-refractivity contribution in [1.82, 2.24) is 14.7 Å². The fourth-order valence-electron chi connectivity index (χ4n) is 1.89. The average Bonchev–Trinajstić information content (AvgIpc) is 3.07. The summed E-state index contributed by atoms with van der Waals surface area (Å²) in [6.07, 6.45) is 3.48. The van der Waals surface area contributed by atoms with E-state index >= 15 is 0 Å². The largest absolute Gasteiger partial charge is 0.481 e. The van der Waals surface area contributed by atoms with Gasteiger partial charge in [0.2, 0.25) is 0 Å². The van der Waals surface area contributed by atoms with Crippen LogP contribution in [0.1, 0.15) is 30.3 Å². The third-order valence-electron chi connectivity index (χ3n) is 3.18. The Labute approximate surface area is 105 Å². The SMILES string of the molecule is C[C@@H](CN(C(=O)c1ccnn1C)C1CC1)C(=O)O. The summed E-state index contributed by atoms with van der Waals surface area (Å²) in [5.74, 6) is -1.56. The molecule has 1 aliphatic rings. The maximum atomic E-state index is 12.3. The quantitative estimate of drug-likeness (QED) is 0.837. The molecule has 1 aliphatic carbocycles. The molecule has 6 nitrogen and oxygen atoms in total. The number of hydrogen-bond acceptors (Lipinski definition) is 3. The Kier molecular flexibility index (Phi) is 3.36. The molecule has 1 fully saturated rings. The molecule has 0 spiro atoms. The lowest BCUT2D eigenvalue weighted by atomic mass is 10.1. The summed E-state index contributed by atoms with van der Waals surface area (Å²) in [5.41, 5.74) is 0.500. The number of aryl methyl sites for hydroxylation is 1. The minimum Gasteiger partial charge on any atom is -0.481 e. The van der Waals surface area contributed by atoms with Gasteiger partial charge < -0.3 is 10.0 Å². The molecule has 0 radical (unpaired) electrons. The minimum absolute atomic E-state index is 0.134. The Morgan fingerprint density at radius 1 is 1.61 bits per heavy atom. The highest BCUT2D eigenvalue weighted by molar-refractivity contribution is 5.93. The lowest BCUT2D eigenvalue weighted by Crippen LogP contribution is -2.39. The Hall–Kier alpha value is -1.85. The molecule has 0 saturated heterocycles. The van der Waals surface area contributed by atoms with Crippen molar-refractivity contribution >= 4 is 11.9 Å². The lowest BCUT2D eigenvalue weighted by Gasteiger charge is -2.24. The third kappa shape index (κ3) is 2.52. The van der Waals surface area contributed by atoms with Crippen LogP contribution in [-0.4, -0.2) is 44.3 Å². The van der Waals surface area contributed by atoms with Crippen LogP contribution in [0.25, 0.3) is 0 Å². The highest BCUT2D eigenvalue weighted by Crippen LogP contribution is 2.29. The van der Waals surface area contributed by atoms with Crippen molar-refractivity contribution in [3.05, 3.63) is 18.0 Å². The van der Waals surface area contributed by atoms with E-state index in [1.807, 2.05) is 0 Å². The van der Waals surface area contributed by atoms with Gasteiger partial charge in [-0.25, -0.2) is 0 Å². The van der Waals surface area contributed by atoms with Gasteiger partial charge in [-0.1, -0.05) is 6.92 Å². The zero-order chi connectivity index (χ0) is 13.3. The van der Waals surface area contributed by atoms with E-state index in [0.29, 0.717) is 5.69 Å². The summed E-state index contributed by atoms with van der Waals surface area (Å²) >= 11 is 0. The molecule has 0 aliphatic heterocycles. The van der Waals surface area contributed by atoms with Crippen molar-refractivity contribution in [2.45, 2.75) is 25.8 Å². The molecule has 2 rings (SSSR count). The van der Waals surface area contributed by atoms with Crippen LogP contribution in [-0.2, 0) is 11.8 Å². The third-order valence-corrected chi connectivity index (χ3v) is 3.18. The van der Waals surface area contributed by atoms with E-state index in [2.05, 4.69) is 5.10 Å². The summed E-state index contributed by atoms with van der Waals surface area (Å²) in [6.45, 7) is 1.87. The molecule has 0 aromatic carbocycles. The minimum atomic E-state index is -0.876. The van der Waals surface area contributed by atoms with Crippen LogP contribution in [0, 0.1) is 5.92 Å². The van der Waals surface area contributed by atoms with Gasteiger partial charge in [-0.15, -0.1) is 0 Å². The molecule has 1 amide bonds. The normalized spacial score (nSPS) is 16.3. The average molecular weight is 251 g/mol. The highest BCUT2D eigenvalue weighted by atomic mass is 16.4. The number of amides is 1. The summed E-state index contributed by atoms with van der Waals surface area (Å²) in [5, 5.41) is 12.9. The van der Waals surface area contributed by atoms with Crippen LogP contribution >= 0.6 is 0 Å². The van der Waals surface area contributed by atoms with Crippen molar-refractivity contribution in [3.8, 4) is 0 Å². The number of hydrogen-bond donors (Lipinski definition) is 1. The zero-order valence-electron chi connectivity index (χ0n) is 10.5. The van der Waals surface area contributed by atoms with Gasteiger partial charge in [0.1, 0.15) is 5.69 Å². The predicted molar refractivity (Wildman–Crippen MR) is 64.1 cm³/mol. The van der Waals surface area contributed by atoms with E-state index in [1.54, 1.807) is 31.1 Å². The Morgan fingerprint density at radius 3 is 2.72 bits per heavy atom. The molecule has 1 heterocycles. The zero-order valence-corrected chi connectivity index (χ0v) is 10.5. The van der Waals surface area contributed by atoms with Crippen LogP contribution in [0.5, 0.6) is 0 Å². The molecule has 1 N–H and O–H groups in total. The van der Waals surface area contributed by atoms with E-state index < -0.39 is 11.9 Å². The fourth-order valence-corrected chi connectivity index (χ4v) is 1.89. The van der Waals surface area contributed by atoms with Crippen molar-refractivity contribution in [1.29, 1.82) is 0 Å². The van der Waals surface area contributed by atoms with Gasteiger partial charge in [0.15, 0.2) is 0 Å². The number of rotatable bonds is 5. The van der Waals surface area contributed by atoms with E-state index in [9.17, 15) is 9.59 Å². The Bertz CT molecular complexity index is 465. The first kappa shape index (κ1) is 12.6. The number of carboxylic acid groups (broad SMARTS) is 1. The Balaban J connectivity index is 2.13. The van der Waals surface area contributed by atoms with E-state index in [4.69, 9.17) is 5.11 Å². The van der Waals surface area contributed by atoms with Gasteiger partial charge in [-0.3, -0.25) is 14.3 Å². The molecule has 1 atom stereocenters. The van der Waals surface area contributed by atoms with E-state index in [-0.39, 0.29) is 18.5 Å². The molecule has 1 aromatic rings. The highest BCUT2D eigenvalue weighted by Gasteiger charge is 2.35.